The highest BCUT2D eigenvalue weighted by Gasteiger charge is 2.32. The Morgan fingerprint density at radius 1 is 1.03 bits per heavy atom. The largest absolute Gasteiger partial charge is 0.481 e. The number of nitrogens with zero attached hydrogens (tertiary/aromatic N) is 1. The Labute approximate surface area is 202 Å². The predicted molar refractivity (Wildman–Crippen MR) is 130 cm³/mol. The SMILES string of the molecule is CC(c1cccs1)N(C)C(=O)C(CC(=O)O)NC(=O)OCC1c2ccccc2-c2ccccc21. The Morgan fingerprint density at radius 3 is 2.21 bits per heavy atom. The van der Waals surface area contributed by atoms with Crippen molar-refractivity contribution in [3.63, 3.8) is 0 Å². The second-order valence-electron chi connectivity index (χ2n) is 8.26. The second kappa shape index (κ2) is 10.1. The number of carboxylic acids is 1. The van der Waals surface area contributed by atoms with Gasteiger partial charge in [-0.25, -0.2) is 4.79 Å². The average Bonchev–Trinajstić information content (AvgIpc) is 3.47. The molecule has 1 aromatic heterocycles. The van der Waals surface area contributed by atoms with E-state index in [4.69, 9.17) is 4.74 Å². The molecule has 2 atom stereocenters. The lowest BCUT2D eigenvalue weighted by Crippen LogP contribution is -2.49. The molecule has 1 heterocycles. The van der Waals surface area contributed by atoms with Gasteiger partial charge in [-0.1, -0.05) is 54.6 Å². The van der Waals surface area contributed by atoms with Gasteiger partial charge in [0.05, 0.1) is 12.5 Å². The fourth-order valence-corrected chi connectivity index (χ4v) is 5.14. The predicted octanol–water partition coefficient (Wildman–Crippen LogP) is 4.65. The normalized spacial score (nSPS) is 13.9. The van der Waals surface area contributed by atoms with Gasteiger partial charge in [-0.15, -0.1) is 11.3 Å². The summed E-state index contributed by atoms with van der Waals surface area (Å²) in [5.74, 6) is -1.81. The maximum atomic E-state index is 13.0. The Morgan fingerprint density at radius 2 is 1.65 bits per heavy atom. The van der Waals surface area contributed by atoms with Crippen LogP contribution in [-0.2, 0) is 14.3 Å². The molecule has 0 bridgehead atoms. The molecule has 0 radical (unpaired) electrons. The molecule has 1 aliphatic carbocycles. The fourth-order valence-electron chi connectivity index (χ4n) is 4.31. The number of carboxylic acid groups (broad SMARTS) is 1. The first-order chi connectivity index (χ1) is 16.4. The molecule has 0 fully saturated rings. The van der Waals surface area contributed by atoms with Crippen molar-refractivity contribution in [1.82, 2.24) is 10.2 Å². The van der Waals surface area contributed by atoms with Crippen molar-refractivity contribution in [2.24, 2.45) is 0 Å². The molecule has 0 spiro atoms. The van der Waals surface area contributed by atoms with Crippen LogP contribution in [0.2, 0.25) is 0 Å². The van der Waals surface area contributed by atoms with Crippen LogP contribution < -0.4 is 5.32 Å². The summed E-state index contributed by atoms with van der Waals surface area (Å²) in [7, 11) is 1.60. The van der Waals surface area contributed by atoms with Gasteiger partial charge in [0.15, 0.2) is 0 Å². The number of rotatable bonds is 8. The maximum Gasteiger partial charge on any atom is 0.407 e. The third-order valence-corrected chi connectivity index (χ3v) is 7.24. The lowest BCUT2D eigenvalue weighted by molar-refractivity contribution is -0.142. The van der Waals surface area contributed by atoms with Gasteiger partial charge in [-0.2, -0.15) is 0 Å². The summed E-state index contributed by atoms with van der Waals surface area (Å²) in [5.41, 5.74) is 4.35. The van der Waals surface area contributed by atoms with Crippen LogP contribution >= 0.6 is 11.3 Å². The van der Waals surface area contributed by atoms with Crippen LogP contribution in [0.15, 0.2) is 66.0 Å². The molecular weight excluding hydrogens is 452 g/mol. The van der Waals surface area contributed by atoms with Crippen LogP contribution in [-0.4, -0.2) is 47.7 Å². The highest BCUT2D eigenvalue weighted by molar-refractivity contribution is 7.10. The van der Waals surface area contributed by atoms with Crippen LogP contribution in [0.25, 0.3) is 11.1 Å². The van der Waals surface area contributed by atoms with E-state index >= 15 is 0 Å². The van der Waals surface area contributed by atoms with Gasteiger partial charge in [-0.05, 0) is 40.6 Å². The zero-order chi connectivity index (χ0) is 24.2. The summed E-state index contributed by atoms with van der Waals surface area (Å²) < 4.78 is 5.50. The number of fused-ring (bicyclic) bond motifs is 3. The molecule has 1 aliphatic rings. The lowest BCUT2D eigenvalue weighted by Gasteiger charge is -2.28. The number of hydrogen-bond donors (Lipinski definition) is 2. The zero-order valence-electron chi connectivity index (χ0n) is 18.9. The first-order valence-corrected chi connectivity index (χ1v) is 11.9. The minimum absolute atomic E-state index is 0.0787. The van der Waals surface area contributed by atoms with Gasteiger partial charge in [-0.3, -0.25) is 9.59 Å². The smallest absolute Gasteiger partial charge is 0.407 e. The van der Waals surface area contributed by atoms with E-state index in [9.17, 15) is 19.5 Å². The molecule has 3 aromatic rings. The highest BCUT2D eigenvalue weighted by atomic mass is 32.1. The number of benzene rings is 2. The van der Waals surface area contributed by atoms with Crippen LogP contribution in [0.5, 0.6) is 0 Å². The molecule has 2 N–H and O–H groups in total. The molecule has 2 amide bonds. The van der Waals surface area contributed by atoms with Crippen LogP contribution in [0.1, 0.15) is 41.3 Å². The van der Waals surface area contributed by atoms with Crippen LogP contribution in [0.4, 0.5) is 4.79 Å². The van der Waals surface area contributed by atoms with Crippen molar-refractivity contribution in [2.45, 2.75) is 31.3 Å². The van der Waals surface area contributed by atoms with Crippen molar-refractivity contribution in [1.29, 1.82) is 0 Å². The molecule has 176 valence electrons. The number of likely N-dealkylation sites (N-methyl/N-ethyl adjacent to an activating group) is 1. The van der Waals surface area contributed by atoms with E-state index in [2.05, 4.69) is 5.32 Å². The summed E-state index contributed by atoms with van der Waals surface area (Å²) in [6.07, 6.45) is -1.36. The van der Waals surface area contributed by atoms with E-state index in [1.54, 1.807) is 7.05 Å². The molecule has 4 rings (SSSR count). The summed E-state index contributed by atoms with van der Waals surface area (Å²) in [5, 5.41) is 13.7. The number of nitrogens with one attached hydrogen (secondary N) is 1. The van der Waals surface area contributed by atoms with Crippen molar-refractivity contribution in [3.05, 3.63) is 82.0 Å². The van der Waals surface area contributed by atoms with E-state index in [0.29, 0.717) is 0 Å². The summed E-state index contributed by atoms with van der Waals surface area (Å²) in [6, 6.07) is 18.3. The number of carbonyl (C=O) groups is 3. The molecule has 2 unspecified atom stereocenters. The number of amides is 2. The van der Waals surface area contributed by atoms with Crippen molar-refractivity contribution in [2.75, 3.05) is 13.7 Å². The third kappa shape index (κ3) is 4.82. The lowest BCUT2D eigenvalue weighted by atomic mass is 9.98. The van der Waals surface area contributed by atoms with Gasteiger partial charge in [0.2, 0.25) is 5.91 Å². The average molecular weight is 479 g/mol. The number of hydrogen-bond acceptors (Lipinski definition) is 5. The second-order valence-corrected chi connectivity index (χ2v) is 9.24. The Kier molecular flexibility index (Phi) is 6.98. The van der Waals surface area contributed by atoms with E-state index in [-0.39, 0.29) is 18.6 Å². The number of carbonyl (C=O) groups excluding carboxylic acids is 2. The minimum Gasteiger partial charge on any atom is -0.481 e. The van der Waals surface area contributed by atoms with Crippen molar-refractivity contribution >= 4 is 29.3 Å². The summed E-state index contributed by atoms with van der Waals surface area (Å²) >= 11 is 1.51. The number of thiophene rings is 1. The number of aliphatic carboxylic acids is 1. The molecule has 0 aliphatic heterocycles. The molecule has 0 saturated heterocycles. The molecule has 34 heavy (non-hydrogen) atoms. The fraction of sp³-hybridized carbons (Fsp3) is 0.269. The first kappa shape index (κ1) is 23.5. The first-order valence-electron chi connectivity index (χ1n) is 11.0. The van der Waals surface area contributed by atoms with E-state index in [0.717, 1.165) is 27.1 Å². The number of ether oxygens (including phenoxy) is 1. The molecule has 2 aromatic carbocycles. The molecular formula is C26H26N2O5S. The molecule has 0 saturated carbocycles. The Hall–Kier alpha value is -3.65. The molecule has 8 heteroatoms. The van der Waals surface area contributed by atoms with Crippen LogP contribution in [0, 0.1) is 0 Å². The molecule has 7 nitrogen and oxygen atoms in total. The summed E-state index contributed by atoms with van der Waals surface area (Å²) in [4.78, 5) is 39.5. The topological polar surface area (TPSA) is 95.9 Å². The van der Waals surface area contributed by atoms with Crippen molar-refractivity contribution < 1.29 is 24.2 Å². The van der Waals surface area contributed by atoms with Gasteiger partial charge >= 0.3 is 12.1 Å². The maximum absolute atomic E-state index is 13.0. The standard InChI is InChI=1S/C26H26N2O5S/c1-16(23-12-7-13-34-23)28(2)25(31)22(14-24(29)30)27-26(32)33-15-21-19-10-5-3-8-17(19)18-9-4-6-11-20(18)21/h3-13,16,21-22H,14-15H2,1-2H3,(H,27,32)(H,29,30). The Balaban J connectivity index is 1.44. The monoisotopic (exact) mass is 478 g/mol. The Bertz CT molecular complexity index is 1150. The van der Waals surface area contributed by atoms with E-state index in [1.807, 2.05) is 73.0 Å². The number of alkyl carbamates (subject to hydrolysis) is 1. The minimum atomic E-state index is -1.24. The van der Waals surface area contributed by atoms with Crippen molar-refractivity contribution in [3.8, 4) is 11.1 Å². The van der Waals surface area contributed by atoms with Gasteiger partial charge in [0, 0.05) is 17.8 Å². The zero-order valence-corrected chi connectivity index (χ0v) is 19.7. The van der Waals surface area contributed by atoms with Crippen LogP contribution in [0.3, 0.4) is 0 Å². The van der Waals surface area contributed by atoms with Gasteiger partial charge in [0.25, 0.3) is 0 Å². The van der Waals surface area contributed by atoms with Gasteiger partial charge in [0.1, 0.15) is 12.6 Å². The van der Waals surface area contributed by atoms with E-state index in [1.165, 1.54) is 16.2 Å². The third-order valence-electron chi connectivity index (χ3n) is 6.20. The van der Waals surface area contributed by atoms with Gasteiger partial charge < -0.3 is 20.1 Å². The summed E-state index contributed by atoms with van der Waals surface area (Å²) in [6.45, 7) is 1.93. The quantitative estimate of drug-likeness (QED) is 0.491. The highest BCUT2D eigenvalue weighted by Crippen LogP contribution is 2.44. The van der Waals surface area contributed by atoms with E-state index < -0.39 is 30.4 Å².